The molecule has 0 bridgehead atoms. The van der Waals surface area contributed by atoms with E-state index >= 15 is 0 Å². The first kappa shape index (κ1) is 13.0. The molecule has 0 saturated carbocycles. The third-order valence-electron chi connectivity index (χ3n) is 3.88. The Kier molecular flexibility index (Phi) is 3.38. The second-order valence-corrected chi connectivity index (χ2v) is 5.25. The normalized spacial score (nSPS) is 16.4. The topological polar surface area (TPSA) is 52.3 Å². The summed E-state index contributed by atoms with van der Waals surface area (Å²) in [5.74, 6) is 0.0888. The summed E-state index contributed by atoms with van der Waals surface area (Å²) in [6, 6.07) is 17.8. The minimum atomic E-state index is -0.506. The number of hydrogen-bond acceptors (Lipinski definition) is 3. The molecule has 1 saturated heterocycles. The Morgan fingerprint density at radius 2 is 1.60 bits per heavy atom. The monoisotopic (exact) mass is 267 g/mol. The summed E-state index contributed by atoms with van der Waals surface area (Å²) < 4.78 is 5.16. The van der Waals surface area contributed by atoms with Crippen molar-refractivity contribution in [1.29, 1.82) is 0 Å². The highest BCUT2D eigenvalue weighted by Crippen LogP contribution is 2.31. The average Bonchev–Trinajstić information content (AvgIpc) is 2.48. The lowest BCUT2D eigenvalue weighted by atomic mass is 9.78. The molecule has 0 radical (unpaired) electrons. The second-order valence-electron chi connectivity index (χ2n) is 5.25. The molecular formula is C17H17NO2. The van der Waals surface area contributed by atoms with Gasteiger partial charge in [-0.25, -0.2) is 0 Å². The summed E-state index contributed by atoms with van der Waals surface area (Å²) >= 11 is 0. The van der Waals surface area contributed by atoms with E-state index in [2.05, 4.69) is 12.1 Å². The lowest BCUT2D eigenvalue weighted by Gasteiger charge is -2.38. The number of ketones is 1. The van der Waals surface area contributed by atoms with Gasteiger partial charge in [-0.05, 0) is 11.1 Å². The molecule has 1 aliphatic heterocycles. The number of rotatable bonds is 4. The van der Waals surface area contributed by atoms with E-state index in [1.54, 1.807) is 0 Å². The summed E-state index contributed by atoms with van der Waals surface area (Å²) in [6.45, 7) is 1.21. The molecule has 102 valence electrons. The molecule has 3 rings (SSSR count). The molecule has 0 spiro atoms. The first-order chi connectivity index (χ1) is 9.75. The number of Topliss-reactive ketones (excluding diaryl/α,β-unsaturated/α-hetero) is 1. The van der Waals surface area contributed by atoms with Crippen molar-refractivity contribution in [2.75, 3.05) is 19.8 Å². The zero-order valence-corrected chi connectivity index (χ0v) is 11.2. The van der Waals surface area contributed by atoms with Gasteiger partial charge in [0.15, 0.2) is 5.78 Å². The fourth-order valence-corrected chi connectivity index (χ4v) is 2.44. The van der Waals surface area contributed by atoms with Crippen molar-refractivity contribution < 1.29 is 9.53 Å². The number of carbonyl (C=O) groups excluding carboxylic acids is 1. The summed E-state index contributed by atoms with van der Waals surface area (Å²) in [4.78, 5) is 12.5. The summed E-state index contributed by atoms with van der Waals surface area (Å²) in [5, 5.41) is 0. The van der Waals surface area contributed by atoms with E-state index in [1.165, 1.54) is 0 Å². The zero-order valence-electron chi connectivity index (χ0n) is 11.2. The molecular weight excluding hydrogens is 250 g/mol. The van der Waals surface area contributed by atoms with Gasteiger partial charge < -0.3 is 10.5 Å². The van der Waals surface area contributed by atoms with Crippen LogP contribution in [0.25, 0.3) is 11.1 Å². The van der Waals surface area contributed by atoms with Crippen molar-refractivity contribution >= 4 is 5.78 Å². The van der Waals surface area contributed by atoms with Gasteiger partial charge in [0, 0.05) is 12.1 Å². The Balaban J connectivity index is 1.85. The van der Waals surface area contributed by atoms with Crippen LogP contribution in [0.15, 0.2) is 54.6 Å². The van der Waals surface area contributed by atoms with Crippen LogP contribution in [0.3, 0.4) is 0 Å². The van der Waals surface area contributed by atoms with E-state index in [0.29, 0.717) is 25.3 Å². The highest BCUT2D eigenvalue weighted by Gasteiger charge is 2.44. The molecule has 0 amide bonds. The standard InChI is InChI=1S/C17H17NO2/c18-10-17(11-20-12-17)16(19)15-8-6-14(7-9-15)13-4-2-1-3-5-13/h1-9H,10-12,18H2. The Morgan fingerprint density at radius 3 is 2.10 bits per heavy atom. The average molecular weight is 267 g/mol. The van der Waals surface area contributed by atoms with Gasteiger partial charge in [-0.1, -0.05) is 54.6 Å². The fourth-order valence-electron chi connectivity index (χ4n) is 2.44. The number of nitrogens with two attached hydrogens (primary N) is 1. The number of carbonyl (C=O) groups is 1. The van der Waals surface area contributed by atoms with Gasteiger partial charge in [0.1, 0.15) is 0 Å². The van der Waals surface area contributed by atoms with Crippen molar-refractivity contribution in [2.45, 2.75) is 0 Å². The van der Waals surface area contributed by atoms with Crippen LogP contribution in [-0.2, 0) is 4.74 Å². The first-order valence-electron chi connectivity index (χ1n) is 6.73. The Hall–Kier alpha value is -1.97. The van der Waals surface area contributed by atoms with Crippen LogP contribution in [0.1, 0.15) is 10.4 Å². The van der Waals surface area contributed by atoms with Crippen molar-refractivity contribution in [1.82, 2.24) is 0 Å². The van der Waals surface area contributed by atoms with Crippen LogP contribution >= 0.6 is 0 Å². The minimum absolute atomic E-state index is 0.0888. The Morgan fingerprint density at radius 1 is 1.00 bits per heavy atom. The van der Waals surface area contributed by atoms with Crippen LogP contribution < -0.4 is 5.73 Å². The molecule has 1 fully saturated rings. The van der Waals surface area contributed by atoms with Gasteiger partial charge in [-0.15, -0.1) is 0 Å². The summed E-state index contributed by atoms with van der Waals surface area (Å²) in [7, 11) is 0. The molecule has 2 aromatic carbocycles. The molecule has 3 heteroatoms. The lowest BCUT2D eigenvalue weighted by Crippen LogP contribution is -2.54. The third-order valence-corrected chi connectivity index (χ3v) is 3.88. The first-order valence-corrected chi connectivity index (χ1v) is 6.73. The van der Waals surface area contributed by atoms with Crippen molar-refractivity contribution in [3.05, 3.63) is 60.2 Å². The molecule has 1 aliphatic rings. The number of hydrogen-bond donors (Lipinski definition) is 1. The second kappa shape index (κ2) is 5.19. The van der Waals surface area contributed by atoms with Gasteiger partial charge in [-0.3, -0.25) is 4.79 Å². The van der Waals surface area contributed by atoms with Crippen LogP contribution in [0.4, 0.5) is 0 Å². The number of ether oxygens (including phenoxy) is 1. The van der Waals surface area contributed by atoms with Gasteiger partial charge in [0.2, 0.25) is 0 Å². The summed E-state index contributed by atoms with van der Waals surface area (Å²) in [5.41, 5.74) is 8.18. The van der Waals surface area contributed by atoms with Gasteiger partial charge in [0.25, 0.3) is 0 Å². The minimum Gasteiger partial charge on any atom is -0.379 e. The maximum absolute atomic E-state index is 12.5. The van der Waals surface area contributed by atoms with Crippen LogP contribution in [0.5, 0.6) is 0 Å². The maximum Gasteiger partial charge on any atom is 0.174 e. The third kappa shape index (κ3) is 2.15. The van der Waals surface area contributed by atoms with Crippen molar-refractivity contribution in [2.24, 2.45) is 11.1 Å². The highest BCUT2D eigenvalue weighted by molar-refractivity contribution is 6.01. The van der Waals surface area contributed by atoms with Crippen LogP contribution in [0.2, 0.25) is 0 Å². The largest absolute Gasteiger partial charge is 0.379 e. The summed E-state index contributed by atoms with van der Waals surface area (Å²) in [6.07, 6.45) is 0. The lowest BCUT2D eigenvalue weighted by molar-refractivity contribution is -0.0816. The molecule has 0 aliphatic carbocycles. The van der Waals surface area contributed by atoms with Gasteiger partial charge in [0.05, 0.1) is 18.6 Å². The Labute approximate surface area is 118 Å². The molecule has 1 heterocycles. The van der Waals surface area contributed by atoms with Crippen molar-refractivity contribution in [3.63, 3.8) is 0 Å². The van der Waals surface area contributed by atoms with Gasteiger partial charge in [-0.2, -0.15) is 0 Å². The molecule has 20 heavy (non-hydrogen) atoms. The fraction of sp³-hybridized carbons (Fsp3) is 0.235. The molecule has 3 nitrogen and oxygen atoms in total. The maximum atomic E-state index is 12.5. The van der Waals surface area contributed by atoms with E-state index < -0.39 is 5.41 Å². The smallest absolute Gasteiger partial charge is 0.174 e. The van der Waals surface area contributed by atoms with E-state index in [4.69, 9.17) is 10.5 Å². The quantitative estimate of drug-likeness (QED) is 0.866. The predicted octanol–water partition coefficient (Wildman–Crippen LogP) is 2.51. The SMILES string of the molecule is NCC1(C(=O)c2ccc(-c3ccccc3)cc2)COC1. The van der Waals surface area contributed by atoms with E-state index in [1.807, 2.05) is 42.5 Å². The van der Waals surface area contributed by atoms with E-state index in [-0.39, 0.29) is 5.78 Å². The van der Waals surface area contributed by atoms with Crippen LogP contribution in [-0.4, -0.2) is 25.5 Å². The van der Waals surface area contributed by atoms with Gasteiger partial charge >= 0.3 is 0 Å². The Bertz CT molecular complexity index is 595. The van der Waals surface area contributed by atoms with Crippen LogP contribution in [0, 0.1) is 5.41 Å². The molecule has 0 atom stereocenters. The number of benzene rings is 2. The molecule has 0 unspecified atom stereocenters. The molecule has 2 aromatic rings. The highest BCUT2D eigenvalue weighted by atomic mass is 16.5. The van der Waals surface area contributed by atoms with E-state index in [0.717, 1.165) is 11.1 Å². The van der Waals surface area contributed by atoms with E-state index in [9.17, 15) is 4.79 Å². The predicted molar refractivity (Wildman–Crippen MR) is 78.5 cm³/mol. The molecule has 2 N–H and O–H groups in total. The zero-order chi connectivity index (χ0) is 14.0. The molecule has 0 aromatic heterocycles. The van der Waals surface area contributed by atoms with Crippen molar-refractivity contribution in [3.8, 4) is 11.1 Å².